The van der Waals surface area contributed by atoms with Crippen LogP contribution in [0.3, 0.4) is 0 Å². The standard InChI is InChI=1S/2C13H20N2O.2ClH/c2*1-14-10-13(16)7-8-15(11-13)9-12-5-3-2-4-6-12;;/h2*2-6,14,16H,7-11H2,1H3;2*1H. The largest absolute Gasteiger partial charge is 0.387 e. The van der Waals surface area contributed by atoms with Crippen molar-refractivity contribution in [2.45, 2.75) is 37.1 Å². The van der Waals surface area contributed by atoms with Gasteiger partial charge in [-0.05, 0) is 38.1 Å². The quantitative estimate of drug-likeness (QED) is 0.435. The van der Waals surface area contributed by atoms with E-state index < -0.39 is 11.2 Å². The minimum atomic E-state index is -0.538. The lowest BCUT2D eigenvalue weighted by Gasteiger charge is -2.23. The van der Waals surface area contributed by atoms with Crippen molar-refractivity contribution in [3.05, 3.63) is 71.8 Å². The fraction of sp³-hybridized carbons (Fsp3) is 0.538. The number of aliphatic hydroxyl groups is 2. The minimum absolute atomic E-state index is 0. The van der Waals surface area contributed by atoms with Crippen LogP contribution in [0.1, 0.15) is 24.0 Å². The smallest absolute Gasteiger partial charge is 0.0909 e. The molecule has 6 nitrogen and oxygen atoms in total. The Kier molecular flexibility index (Phi) is 13.6. The van der Waals surface area contributed by atoms with Crippen LogP contribution >= 0.6 is 24.8 Å². The van der Waals surface area contributed by atoms with Gasteiger partial charge in [-0.1, -0.05) is 60.7 Å². The molecule has 0 spiro atoms. The maximum Gasteiger partial charge on any atom is 0.0909 e. The zero-order chi connectivity index (χ0) is 22.9. The van der Waals surface area contributed by atoms with Gasteiger partial charge >= 0.3 is 0 Å². The third kappa shape index (κ3) is 9.80. The Morgan fingerprint density at radius 2 is 1.03 bits per heavy atom. The van der Waals surface area contributed by atoms with Crippen LogP contribution < -0.4 is 10.6 Å². The summed E-state index contributed by atoms with van der Waals surface area (Å²) >= 11 is 0. The van der Waals surface area contributed by atoms with Crippen molar-refractivity contribution in [3.63, 3.8) is 0 Å². The summed E-state index contributed by atoms with van der Waals surface area (Å²) in [5, 5.41) is 26.6. The molecule has 4 rings (SSSR count). The van der Waals surface area contributed by atoms with Gasteiger partial charge in [0.25, 0.3) is 0 Å². The second-order valence-electron chi connectivity index (χ2n) is 9.40. The summed E-state index contributed by atoms with van der Waals surface area (Å²) in [4.78, 5) is 4.62. The summed E-state index contributed by atoms with van der Waals surface area (Å²) in [6, 6.07) is 20.8. The molecule has 2 atom stereocenters. The number of rotatable bonds is 8. The molecule has 0 saturated carbocycles. The Balaban J connectivity index is 0.000000321. The van der Waals surface area contributed by atoms with Gasteiger partial charge in [0.1, 0.15) is 0 Å². The van der Waals surface area contributed by atoms with Gasteiger partial charge in [0.2, 0.25) is 0 Å². The highest BCUT2D eigenvalue weighted by molar-refractivity contribution is 5.85. The van der Waals surface area contributed by atoms with Crippen LogP contribution in [0.25, 0.3) is 0 Å². The summed E-state index contributed by atoms with van der Waals surface area (Å²) in [6.45, 7) is 6.72. The summed E-state index contributed by atoms with van der Waals surface area (Å²) in [6.07, 6.45) is 1.72. The first-order chi connectivity index (χ1) is 15.4. The summed E-state index contributed by atoms with van der Waals surface area (Å²) in [5.74, 6) is 0. The van der Waals surface area contributed by atoms with E-state index in [9.17, 15) is 10.2 Å². The van der Waals surface area contributed by atoms with Crippen LogP contribution in [0.15, 0.2) is 60.7 Å². The molecular weight excluding hydrogens is 471 g/mol. The lowest BCUT2D eigenvalue weighted by atomic mass is 10.0. The number of likely N-dealkylation sites (tertiary alicyclic amines) is 2. The molecule has 0 aliphatic carbocycles. The molecule has 2 unspecified atom stereocenters. The van der Waals surface area contributed by atoms with Crippen molar-refractivity contribution in [1.82, 2.24) is 20.4 Å². The highest BCUT2D eigenvalue weighted by Gasteiger charge is 2.35. The number of likely N-dealkylation sites (N-methyl/N-ethyl adjacent to an activating group) is 2. The van der Waals surface area contributed by atoms with E-state index in [4.69, 9.17) is 0 Å². The maximum absolute atomic E-state index is 10.2. The lowest BCUT2D eigenvalue weighted by molar-refractivity contribution is 0.0499. The van der Waals surface area contributed by atoms with Crippen LogP contribution in [-0.2, 0) is 13.1 Å². The predicted octanol–water partition coefficient (Wildman–Crippen LogP) is 2.53. The van der Waals surface area contributed by atoms with Crippen molar-refractivity contribution in [2.24, 2.45) is 0 Å². The zero-order valence-electron chi connectivity index (χ0n) is 20.4. The number of hydrogen-bond acceptors (Lipinski definition) is 6. The molecule has 0 aromatic heterocycles. The van der Waals surface area contributed by atoms with Crippen molar-refractivity contribution < 1.29 is 10.2 Å². The van der Waals surface area contributed by atoms with E-state index in [0.29, 0.717) is 13.1 Å². The van der Waals surface area contributed by atoms with Gasteiger partial charge in [-0.3, -0.25) is 9.80 Å². The summed E-state index contributed by atoms with van der Waals surface area (Å²) in [5.41, 5.74) is 1.56. The molecule has 4 N–H and O–H groups in total. The molecule has 2 aromatic carbocycles. The predicted molar refractivity (Wildman–Crippen MR) is 145 cm³/mol. The molecule has 2 saturated heterocycles. The number of nitrogens with zero attached hydrogens (tertiary/aromatic N) is 2. The molecule has 0 amide bonds. The van der Waals surface area contributed by atoms with E-state index in [-0.39, 0.29) is 24.8 Å². The van der Waals surface area contributed by atoms with Gasteiger partial charge in [-0.25, -0.2) is 0 Å². The van der Waals surface area contributed by atoms with Crippen LogP contribution in [0.2, 0.25) is 0 Å². The fourth-order valence-corrected chi connectivity index (χ4v) is 4.78. The second-order valence-corrected chi connectivity index (χ2v) is 9.40. The van der Waals surface area contributed by atoms with Crippen LogP contribution in [0.5, 0.6) is 0 Å². The van der Waals surface area contributed by atoms with Crippen molar-refractivity contribution in [3.8, 4) is 0 Å². The molecule has 2 fully saturated rings. The molecule has 8 heteroatoms. The van der Waals surface area contributed by atoms with Crippen molar-refractivity contribution in [1.29, 1.82) is 0 Å². The van der Waals surface area contributed by atoms with E-state index in [1.807, 2.05) is 26.2 Å². The first kappa shape index (κ1) is 30.8. The normalized spacial score (nSPS) is 24.6. The van der Waals surface area contributed by atoms with E-state index >= 15 is 0 Å². The molecule has 2 aromatic rings. The average molecular weight is 514 g/mol. The van der Waals surface area contributed by atoms with E-state index in [2.05, 4.69) is 69.0 Å². The van der Waals surface area contributed by atoms with Gasteiger partial charge in [0.05, 0.1) is 11.2 Å². The van der Waals surface area contributed by atoms with Gasteiger partial charge in [0.15, 0.2) is 0 Å². The number of halogens is 2. The SMILES string of the molecule is CNCC1(O)CCN(Cc2ccccc2)C1.CNCC1(O)CCN(Cc2ccccc2)C1.Cl.Cl. The average Bonchev–Trinajstić information content (AvgIpc) is 3.33. The fourth-order valence-electron chi connectivity index (χ4n) is 4.78. The van der Waals surface area contributed by atoms with Crippen LogP contribution in [-0.4, -0.2) is 84.6 Å². The molecule has 0 bridgehead atoms. The van der Waals surface area contributed by atoms with Gasteiger partial charge in [-0.2, -0.15) is 0 Å². The van der Waals surface area contributed by atoms with Gasteiger partial charge in [-0.15, -0.1) is 24.8 Å². The lowest BCUT2D eigenvalue weighted by Crippen LogP contribution is -2.41. The van der Waals surface area contributed by atoms with E-state index in [1.165, 1.54) is 11.1 Å². The first-order valence-electron chi connectivity index (χ1n) is 11.7. The molecule has 34 heavy (non-hydrogen) atoms. The number of hydrogen-bond donors (Lipinski definition) is 4. The molecule has 2 heterocycles. The molecule has 2 aliphatic rings. The van der Waals surface area contributed by atoms with Crippen LogP contribution in [0, 0.1) is 0 Å². The number of β-amino-alcohol motifs (C(OH)–C–C–N with tert-alkyl or cyclic N) is 2. The highest BCUT2D eigenvalue weighted by atomic mass is 35.5. The monoisotopic (exact) mass is 512 g/mol. The van der Waals surface area contributed by atoms with E-state index in [0.717, 1.165) is 52.1 Å². The summed E-state index contributed by atoms with van der Waals surface area (Å²) in [7, 11) is 3.77. The second kappa shape index (κ2) is 15.0. The Morgan fingerprint density at radius 1 is 0.676 bits per heavy atom. The third-order valence-electron chi connectivity index (χ3n) is 6.33. The molecule has 0 radical (unpaired) electrons. The van der Waals surface area contributed by atoms with Crippen LogP contribution in [0.4, 0.5) is 0 Å². The van der Waals surface area contributed by atoms with E-state index in [1.54, 1.807) is 0 Å². The van der Waals surface area contributed by atoms with Gasteiger partial charge in [0, 0.05) is 52.4 Å². The Morgan fingerprint density at radius 3 is 1.35 bits per heavy atom. The number of nitrogens with one attached hydrogen (secondary N) is 2. The highest BCUT2D eigenvalue weighted by Crippen LogP contribution is 2.23. The Hall–Kier alpha value is -1.22. The minimum Gasteiger partial charge on any atom is -0.387 e. The maximum atomic E-state index is 10.2. The van der Waals surface area contributed by atoms with Gasteiger partial charge < -0.3 is 20.8 Å². The topological polar surface area (TPSA) is 71.0 Å². The van der Waals surface area contributed by atoms with Crippen molar-refractivity contribution in [2.75, 3.05) is 53.4 Å². The zero-order valence-corrected chi connectivity index (χ0v) is 22.1. The summed E-state index contributed by atoms with van der Waals surface area (Å²) < 4.78 is 0. The molecule has 192 valence electrons. The number of benzene rings is 2. The molecular formula is C26H42Cl2N4O2. The third-order valence-corrected chi connectivity index (χ3v) is 6.33. The van der Waals surface area contributed by atoms with Crippen molar-refractivity contribution >= 4 is 24.8 Å². The Bertz CT molecular complexity index is 734. The first-order valence-corrected chi connectivity index (χ1v) is 11.7. The Labute approximate surface area is 217 Å². The molecule has 2 aliphatic heterocycles.